The highest BCUT2D eigenvalue weighted by atomic mass is 32.2. The number of nitrogens with zero attached hydrogens (tertiary/aromatic N) is 4. The molecular weight excluding hydrogens is 238 g/mol. The molecule has 0 spiro atoms. The third-order valence-corrected chi connectivity index (χ3v) is 3.06. The number of hydrogen-bond donors (Lipinski definition) is 1. The fraction of sp³-hybridized carbons (Fsp3) is 0.200. The zero-order chi connectivity index (χ0) is 12.4. The van der Waals surface area contributed by atoms with Crippen LogP contribution in [0.1, 0.15) is 11.3 Å². The first-order valence-electron chi connectivity index (χ1n) is 4.78. The fourth-order valence-electron chi connectivity index (χ4n) is 1.27. The molecule has 0 aliphatic carbocycles. The van der Waals surface area contributed by atoms with Crippen LogP contribution in [-0.4, -0.2) is 19.7 Å². The van der Waals surface area contributed by atoms with Crippen LogP contribution >= 0.6 is 11.8 Å². The minimum Gasteiger partial charge on any atom is -0.273 e. The SMILES string of the molecule is Cc1cc(C#N)cc(Sc2n[nH]c(=O)n2C)n1. The van der Waals surface area contributed by atoms with Crippen LogP contribution in [0.2, 0.25) is 0 Å². The molecular formula is C10H9N5OS. The summed E-state index contributed by atoms with van der Waals surface area (Å²) in [6.07, 6.45) is 0. The summed E-state index contributed by atoms with van der Waals surface area (Å²) in [4.78, 5) is 15.4. The van der Waals surface area contributed by atoms with Crippen LogP contribution in [0.25, 0.3) is 0 Å². The van der Waals surface area contributed by atoms with Crippen LogP contribution in [0.15, 0.2) is 27.1 Å². The lowest BCUT2D eigenvalue weighted by molar-refractivity contribution is 0.764. The zero-order valence-corrected chi connectivity index (χ0v) is 10.1. The molecule has 0 saturated heterocycles. The summed E-state index contributed by atoms with van der Waals surface area (Å²) in [5.41, 5.74) is 1.02. The van der Waals surface area contributed by atoms with Crippen molar-refractivity contribution in [1.82, 2.24) is 19.7 Å². The van der Waals surface area contributed by atoms with Gasteiger partial charge in [0.05, 0.1) is 11.6 Å². The number of pyridine rings is 1. The Hall–Kier alpha value is -2.07. The monoisotopic (exact) mass is 247 g/mol. The number of nitrogens with one attached hydrogen (secondary N) is 1. The summed E-state index contributed by atoms with van der Waals surface area (Å²) in [6.45, 7) is 1.81. The standard InChI is InChI=1S/C10H9N5OS/c1-6-3-7(5-11)4-8(12-6)17-10-14-13-9(16)15(10)2/h3-4H,1-2H3,(H,13,16). The van der Waals surface area contributed by atoms with E-state index < -0.39 is 0 Å². The maximum absolute atomic E-state index is 11.2. The third-order valence-electron chi connectivity index (χ3n) is 2.09. The van der Waals surface area contributed by atoms with Crippen molar-refractivity contribution in [1.29, 1.82) is 5.26 Å². The number of rotatable bonds is 2. The van der Waals surface area contributed by atoms with Crippen LogP contribution in [0, 0.1) is 18.3 Å². The van der Waals surface area contributed by atoms with E-state index in [1.807, 2.05) is 6.92 Å². The van der Waals surface area contributed by atoms with Crippen molar-refractivity contribution in [3.8, 4) is 6.07 Å². The van der Waals surface area contributed by atoms with E-state index in [4.69, 9.17) is 5.26 Å². The number of hydrogen-bond acceptors (Lipinski definition) is 5. The molecule has 0 aromatic carbocycles. The summed E-state index contributed by atoms with van der Waals surface area (Å²) in [6, 6.07) is 5.43. The summed E-state index contributed by atoms with van der Waals surface area (Å²) in [7, 11) is 1.62. The maximum atomic E-state index is 11.2. The Labute approximate surface area is 101 Å². The quantitative estimate of drug-likeness (QED) is 0.849. The molecule has 86 valence electrons. The zero-order valence-electron chi connectivity index (χ0n) is 9.26. The summed E-state index contributed by atoms with van der Waals surface area (Å²) < 4.78 is 1.39. The minimum absolute atomic E-state index is 0.277. The van der Waals surface area contributed by atoms with Crippen LogP contribution < -0.4 is 5.69 Å². The Morgan fingerprint density at radius 2 is 2.29 bits per heavy atom. The minimum atomic E-state index is -0.277. The smallest absolute Gasteiger partial charge is 0.273 e. The van der Waals surface area contributed by atoms with Gasteiger partial charge >= 0.3 is 5.69 Å². The van der Waals surface area contributed by atoms with Gasteiger partial charge in [0.1, 0.15) is 5.03 Å². The van der Waals surface area contributed by atoms with Crippen molar-refractivity contribution in [3.63, 3.8) is 0 Å². The Morgan fingerprint density at radius 1 is 1.53 bits per heavy atom. The number of nitriles is 1. The van der Waals surface area contributed by atoms with Crippen molar-refractivity contribution in [2.24, 2.45) is 7.05 Å². The molecule has 0 unspecified atom stereocenters. The van der Waals surface area contributed by atoms with Gasteiger partial charge in [-0.1, -0.05) is 0 Å². The van der Waals surface area contributed by atoms with Crippen molar-refractivity contribution < 1.29 is 0 Å². The Morgan fingerprint density at radius 3 is 2.88 bits per heavy atom. The Bertz CT molecular complexity index is 651. The molecule has 0 radical (unpaired) electrons. The van der Waals surface area contributed by atoms with E-state index in [0.717, 1.165) is 5.69 Å². The first-order valence-corrected chi connectivity index (χ1v) is 5.60. The van der Waals surface area contributed by atoms with Crippen molar-refractivity contribution in [2.45, 2.75) is 17.1 Å². The van der Waals surface area contributed by atoms with E-state index in [0.29, 0.717) is 15.7 Å². The van der Waals surface area contributed by atoms with E-state index in [2.05, 4.69) is 21.3 Å². The number of aromatic amines is 1. The van der Waals surface area contributed by atoms with Gasteiger partial charge in [0.15, 0.2) is 5.16 Å². The lowest BCUT2D eigenvalue weighted by Crippen LogP contribution is -2.12. The average molecular weight is 247 g/mol. The van der Waals surface area contributed by atoms with Gasteiger partial charge in [0.2, 0.25) is 0 Å². The normalized spacial score (nSPS) is 10.2. The van der Waals surface area contributed by atoms with E-state index in [9.17, 15) is 4.79 Å². The summed E-state index contributed by atoms with van der Waals surface area (Å²) >= 11 is 1.24. The Kier molecular flexibility index (Phi) is 2.97. The maximum Gasteiger partial charge on any atom is 0.343 e. The van der Waals surface area contributed by atoms with Crippen LogP contribution in [0.3, 0.4) is 0 Å². The van der Waals surface area contributed by atoms with E-state index in [-0.39, 0.29) is 5.69 Å². The molecule has 0 saturated carbocycles. The Balaban J connectivity index is 2.37. The number of aryl methyl sites for hydroxylation is 1. The highest BCUT2D eigenvalue weighted by Gasteiger charge is 2.08. The van der Waals surface area contributed by atoms with Crippen LogP contribution in [0.4, 0.5) is 0 Å². The lowest BCUT2D eigenvalue weighted by Gasteiger charge is -2.01. The van der Waals surface area contributed by atoms with Crippen LogP contribution in [-0.2, 0) is 7.05 Å². The van der Waals surface area contributed by atoms with Gasteiger partial charge < -0.3 is 0 Å². The molecule has 17 heavy (non-hydrogen) atoms. The molecule has 0 amide bonds. The molecule has 0 aliphatic heterocycles. The topological polar surface area (TPSA) is 87.4 Å². The fourth-order valence-corrected chi connectivity index (χ4v) is 2.15. The molecule has 2 rings (SSSR count). The van der Waals surface area contributed by atoms with Gasteiger partial charge in [0, 0.05) is 12.7 Å². The van der Waals surface area contributed by atoms with E-state index in [1.54, 1.807) is 19.2 Å². The first-order chi connectivity index (χ1) is 8.10. The number of aromatic nitrogens is 4. The van der Waals surface area contributed by atoms with Crippen molar-refractivity contribution in [2.75, 3.05) is 0 Å². The second kappa shape index (κ2) is 4.43. The van der Waals surface area contributed by atoms with Crippen molar-refractivity contribution in [3.05, 3.63) is 33.9 Å². The van der Waals surface area contributed by atoms with Gasteiger partial charge in [-0.25, -0.2) is 14.9 Å². The van der Waals surface area contributed by atoms with Gasteiger partial charge in [0.25, 0.3) is 0 Å². The molecule has 6 nitrogen and oxygen atoms in total. The molecule has 2 aromatic heterocycles. The lowest BCUT2D eigenvalue weighted by atomic mass is 10.2. The van der Waals surface area contributed by atoms with Gasteiger partial charge in [-0.3, -0.25) is 4.57 Å². The average Bonchev–Trinajstić information content (AvgIpc) is 2.60. The second-order valence-electron chi connectivity index (χ2n) is 3.42. The van der Waals surface area contributed by atoms with Gasteiger partial charge in [-0.2, -0.15) is 5.26 Å². The first kappa shape index (κ1) is 11.4. The molecule has 7 heteroatoms. The predicted molar refractivity (Wildman–Crippen MR) is 61.6 cm³/mol. The number of H-pyrrole nitrogens is 1. The van der Waals surface area contributed by atoms with E-state index in [1.165, 1.54) is 16.3 Å². The molecule has 0 atom stereocenters. The largest absolute Gasteiger partial charge is 0.343 e. The molecule has 2 heterocycles. The summed E-state index contributed by atoms with van der Waals surface area (Å²) in [5, 5.41) is 16.2. The molecule has 2 aromatic rings. The molecule has 0 bridgehead atoms. The highest BCUT2D eigenvalue weighted by molar-refractivity contribution is 7.99. The molecule has 0 aliphatic rings. The van der Waals surface area contributed by atoms with Crippen LogP contribution in [0.5, 0.6) is 0 Å². The van der Waals surface area contributed by atoms with Crippen molar-refractivity contribution >= 4 is 11.8 Å². The third kappa shape index (κ3) is 2.37. The van der Waals surface area contributed by atoms with Gasteiger partial charge in [-0.05, 0) is 30.8 Å². The summed E-state index contributed by atoms with van der Waals surface area (Å²) in [5.74, 6) is 0. The molecule has 1 N–H and O–H groups in total. The predicted octanol–water partition coefficient (Wildman–Crippen LogP) is 0.835. The molecule has 0 fully saturated rings. The highest BCUT2D eigenvalue weighted by Crippen LogP contribution is 2.23. The second-order valence-corrected chi connectivity index (χ2v) is 4.41. The van der Waals surface area contributed by atoms with E-state index >= 15 is 0 Å². The van der Waals surface area contributed by atoms with Gasteiger partial charge in [-0.15, -0.1) is 5.10 Å².